The van der Waals surface area contributed by atoms with E-state index in [1.54, 1.807) is 50.2 Å². The molecular weight excluding hydrogens is 504 g/mol. The van der Waals surface area contributed by atoms with Gasteiger partial charge in [-0.3, -0.25) is 14.5 Å². The number of esters is 1. The molecule has 8 nitrogen and oxygen atoms in total. The molecule has 5 rings (SSSR count). The molecule has 0 N–H and O–H groups in total. The maximum atomic E-state index is 13.8. The average molecular weight is 525 g/mol. The molecule has 0 saturated carbocycles. The number of aryl methyl sites for hydroxylation is 1. The Labute approximate surface area is 215 Å². The Hall–Kier alpha value is -3.69. The molecule has 1 amide bonds. The van der Waals surface area contributed by atoms with Gasteiger partial charge in [0.05, 0.1) is 35.9 Å². The number of halogens is 1. The minimum absolute atomic E-state index is 0.0767. The third-order valence-electron chi connectivity index (χ3n) is 5.77. The molecule has 0 radical (unpaired) electrons. The highest BCUT2D eigenvalue weighted by molar-refractivity contribution is 7.17. The molecule has 0 saturated heterocycles. The molecule has 184 valence electrons. The van der Waals surface area contributed by atoms with Crippen LogP contribution in [0, 0.1) is 6.92 Å². The zero-order valence-electron chi connectivity index (χ0n) is 19.7. The van der Waals surface area contributed by atoms with E-state index in [1.807, 2.05) is 6.92 Å². The lowest BCUT2D eigenvalue weighted by atomic mass is 9.98. The Morgan fingerprint density at radius 1 is 1.17 bits per heavy atom. The van der Waals surface area contributed by atoms with Crippen LogP contribution in [0.3, 0.4) is 0 Å². The van der Waals surface area contributed by atoms with Gasteiger partial charge < -0.3 is 13.9 Å². The van der Waals surface area contributed by atoms with E-state index in [1.165, 1.54) is 11.0 Å². The van der Waals surface area contributed by atoms with Crippen LogP contribution in [-0.4, -0.2) is 30.1 Å². The molecule has 0 bridgehead atoms. The van der Waals surface area contributed by atoms with Gasteiger partial charge in [-0.05, 0) is 56.7 Å². The SMILES string of the molecule is CCOC(=O)c1sc(N2C(=O)c3oc4ccc(Cl)cc4c(=O)c3C2c2cccc(OCC)c2)nc1C. The van der Waals surface area contributed by atoms with Gasteiger partial charge in [-0.25, -0.2) is 9.78 Å². The van der Waals surface area contributed by atoms with E-state index in [0.717, 1.165) is 11.3 Å². The minimum atomic E-state index is -0.854. The van der Waals surface area contributed by atoms with Crippen molar-refractivity contribution in [3.63, 3.8) is 0 Å². The smallest absolute Gasteiger partial charge is 0.350 e. The number of hydrogen-bond acceptors (Lipinski definition) is 8. The Balaban J connectivity index is 1.75. The van der Waals surface area contributed by atoms with Crippen LogP contribution in [0.15, 0.2) is 51.7 Å². The second kappa shape index (κ2) is 9.40. The third-order valence-corrected chi connectivity index (χ3v) is 7.14. The summed E-state index contributed by atoms with van der Waals surface area (Å²) in [5, 5.41) is 0.894. The Morgan fingerprint density at radius 3 is 2.72 bits per heavy atom. The predicted molar refractivity (Wildman–Crippen MR) is 137 cm³/mol. The second-order valence-corrected chi connectivity index (χ2v) is 9.44. The van der Waals surface area contributed by atoms with Crippen molar-refractivity contribution < 1.29 is 23.5 Å². The van der Waals surface area contributed by atoms with E-state index in [-0.39, 0.29) is 44.3 Å². The zero-order valence-corrected chi connectivity index (χ0v) is 21.2. The fourth-order valence-corrected chi connectivity index (χ4v) is 5.43. The van der Waals surface area contributed by atoms with Crippen molar-refractivity contribution in [2.45, 2.75) is 26.8 Å². The molecule has 0 spiro atoms. The first-order chi connectivity index (χ1) is 17.3. The number of rotatable bonds is 6. The number of nitrogens with zero attached hydrogens (tertiary/aromatic N) is 2. The van der Waals surface area contributed by atoms with Crippen LogP contribution in [0.25, 0.3) is 11.0 Å². The van der Waals surface area contributed by atoms with E-state index in [9.17, 15) is 14.4 Å². The number of fused-ring (bicyclic) bond motifs is 2. The highest BCUT2D eigenvalue weighted by atomic mass is 35.5. The fourth-order valence-electron chi connectivity index (χ4n) is 4.27. The number of hydrogen-bond donors (Lipinski definition) is 0. The minimum Gasteiger partial charge on any atom is -0.494 e. The van der Waals surface area contributed by atoms with Crippen LogP contribution in [0.5, 0.6) is 5.75 Å². The van der Waals surface area contributed by atoms with Crippen molar-refractivity contribution in [2.75, 3.05) is 18.1 Å². The second-order valence-electron chi connectivity index (χ2n) is 8.03. The van der Waals surface area contributed by atoms with Crippen LogP contribution in [0.2, 0.25) is 5.02 Å². The molecular formula is C26H21ClN2O6S. The summed E-state index contributed by atoms with van der Waals surface area (Å²) >= 11 is 7.18. The van der Waals surface area contributed by atoms with Gasteiger partial charge in [-0.2, -0.15) is 0 Å². The lowest BCUT2D eigenvalue weighted by Gasteiger charge is -2.23. The van der Waals surface area contributed by atoms with Gasteiger partial charge in [0.2, 0.25) is 5.76 Å². The van der Waals surface area contributed by atoms with Crippen molar-refractivity contribution in [3.8, 4) is 5.75 Å². The first-order valence-corrected chi connectivity index (χ1v) is 12.5. The van der Waals surface area contributed by atoms with Crippen LogP contribution >= 0.6 is 22.9 Å². The highest BCUT2D eigenvalue weighted by Gasteiger charge is 2.45. The number of carbonyl (C=O) groups excluding carboxylic acids is 2. The van der Waals surface area contributed by atoms with Crippen molar-refractivity contribution in [1.29, 1.82) is 0 Å². The molecule has 2 aromatic carbocycles. The summed E-state index contributed by atoms with van der Waals surface area (Å²) in [6.45, 7) is 5.91. The summed E-state index contributed by atoms with van der Waals surface area (Å²) in [5.74, 6) is -0.541. The lowest BCUT2D eigenvalue weighted by molar-refractivity contribution is 0.0531. The van der Waals surface area contributed by atoms with Gasteiger partial charge in [-0.15, -0.1) is 0 Å². The molecule has 1 aliphatic heterocycles. The van der Waals surface area contributed by atoms with Crippen LogP contribution in [0.4, 0.5) is 5.13 Å². The standard InChI is InChI=1S/C26H21ClN2O6S/c1-4-33-16-8-6-7-14(11-16)20-19-21(30)17-12-15(27)9-10-18(17)35-22(19)24(31)29(20)26-28-13(3)23(36-26)25(32)34-5-2/h6-12,20H,4-5H2,1-3H3. The highest BCUT2D eigenvalue weighted by Crippen LogP contribution is 2.43. The first kappa shape index (κ1) is 24.0. The number of ether oxygens (including phenoxy) is 2. The fraction of sp³-hybridized carbons (Fsp3) is 0.231. The summed E-state index contributed by atoms with van der Waals surface area (Å²) in [5.41, 5.74) is 1.12. The number of benzene rings is 2. The van der Waals surface area contributed by atoms with Gasteiger partial charge in [0.25, 0.3) is 5.91 Å². The maximum absolute atomic E-state index is 13.8. The van der Waals surface area contributed by atoms with Crippen molar-refractivity contribution in [1.82, 2.24) is 4.98 Å². The van der Waals surface area contributed by atoms with Gasteiger partial charge in [0.1, 0.15) is 16.2 Å². The maximum Gasteiger partial charge on any atom is 0.350 e. The molecule has 36 heavy (non-hydrogen) atoms. The summed E-state index contributed by atoms with van der Waals surface area (Å²) in [7, 11) is 0. The Bertz CT molecular complexity index is 1580. The molecule has 1 atom stereocenters. The monoisotopic (exact) mass is 524 g/mol. The van der Waals surface area contributed by atoms with E-state index in [2.05, 4.69) is 4.98 Å². The van der Waals surface area contributed by atoms with E-state index < -0.39 is 17.9 Å². The van der Waals surface area contributed by atoms with Gasteiger partial charge >= 0.3 is 5.97 Å². The average Bonchev–Trinajstić information content (AvgIpc) is 3.38. The topological polar surface area (TPSA) is 98.9 Å². The van der Waals surface area contributed by atoms with E-state index >= 15 is 0 Å². The largest absolute Gasteiger partial charge is 0.494 e. The van der Waals surface area contributed by atoms with Gasteiger partial charge in [-0.1, -0.05) is 35.1 Å². The molecule has 0 fully saturated rings. The normalized spacial score (nSPS) is 14.8. The molecule has 4 aromatic rings. The first-order valence-electron chi connectivity index (χ1n) is 11.3. The van der Waals surface area contributed by atoms with Crippen molar-refractivity contribution in [2.24, 2.45) is 0 Å². The predicted octanol–water partition coefficient (Wildman–Crippen LogP) is 5.54. The molecule has 1 unspecified atom stereocenters. The quantitative estimate of drug-likeness (QED) is 0.305. The molecule has 1 aliphatic rings. The van der Waals surface area contributed by atoms with E-state index in [4.69, 9.17) is 25.5 Å². The summed E-state index contributed by atoms with van der Waals surface area (Å²) < 4.78 is 16.8. The summed E-state index contributed by atoms with van der Waals surface area (Å²) in [4.78, 5) is 46.1. The van der Waals surface area contributed by atoms with Crippen LogP contribution in [0.1, 0.15) is 56.9 Å². The van der Waals surface area contributed by atoms with Gasteiger partial charge in [0, 0.05) is 5.02 Å². The molecule has 2 aromatic heterocycles. The van der Waals surface area contributed by atoms with Gasteiger partial charge in [0.15, 0.2) is 10.6 Å². The molecule has 10 heteroatoms. The molecule has 0 aliphatic carbocycles. The Kier molecular flexibility index (Phi) is 6.27. The van der Waals surface area contributed by atoms with E-state index in [0.29, 0.717) is 28.6 Å². The molecule has 3 heterocycles. The van der Waals surface area contributed by atoms with Crippen molar-refractivity contribution >= 4 is 50.9 Å². The summed E-state index contributed by atoms with van der Waals surface area (Å²) in [6.07, 6.45) is 0. The number of thiazole rings is 1. The van der Waals surface area contributed by atoms with Crippen LogP contribution < -0.4 is 15.1 Å². The van der Waals surface area contributed by atoms with Crippen LogP contribution in [-0.2, 0) is 4.74 Å². The number of anilines is 1. The summed E-state index contributed by atoms with van der Waals surface area (Å²) in [6, 6.07) is 11.0. The third kappa shape index (κ3) is 3.94. The lowest BCUT2D eigenvalue weighted by Crippen LogP contribution is -2.29. The number of aromatic nitrogens is 1. The van der Waals surface area contributed by atoms with Crippen molar-refractivity contribution in [3.05, 3.63) is 85.2 Å². The Morgan fingerprint density at radius 2 is 1.97 bits per heavy atom. The zero-order chi connectivity index (χ0) is 25.6. The number of amides is 1. The number of carbonyl (C=O) groups is 2.